The summed E-state index contributed by atoms with van der Waals surface area (Å²) in [5.74, 6) is 1.81. The molecule has 2 rings (SSSR count). The SMILES string of the molecule is CC1CCC(CN)CC1.CCC(SO)c1ccccc1C.CO. The van der Waals surface area contributed by atoms with Crippen LogP contribution in [0.15, 0.2) is 24.3 Å². The predicted octanol–water partition coefficient (Wildman–Crippen LogP) is 5.03. The fourth-order valence-corrected chi connectivity index (χ4v) is 3.39. The molecule has 1 atom stereocenters. The van der Waals surface area contributed by atoms with Gasteiger partial charge in [-0.05, 0) is 67.7 Å². The third-order valence-electron chi connectivity index (χ3n) is 4.50. The van der Waals surface area contributed by atoms with Gasteiger partial charge in [0.15, 0.2) is 0 Å². The van der Waals surface area contributed by atoms with Gasteiger partial charge in [-0.2, -0.15) is 0 Å². The number of aliphatic hydroxyl groups is 1. The van der Waals surface area contributed by atoms with E-state index in [-0.39, 0.29) is 5.25 Å². The highest BCUT2D eigenvalue weighted by Gasteiger charge is 2.15. The molecule has 0 aromatic heterocycles. The Labute approximate surface area is 146 Å². The van der Waals surface area contributed by atoms with Crippen LogP contribution in [0, 0.1) is 18.8 Å². The van der Waals surface area contributed by atoms with Gasteiger partial charge in [-0.3, -0.25) is 0 Å². The summed E-state index contributed by atoms with van der Waals surface area (Å²) in [6.07, 6.45) is 6.52. The molecule has 4 N–H and O–H groups in total. The van der Waals surface area contributed by atoms with Crippen LogP contribution < -0.4 is 5.73 Å². The number of hydrogen-bond donors (Lipinski definition) is 3. The zero-order valence-corrected chi connectivity index (χ0v) is 16.0. The second kappa shape index (κ2) is 13.8. The molecular formula is C19H35NO2S. The molecule has 1 aliphatic rings. The van der Waals surface area contributed by atoms with Crippen molar-refractivity contribution >= 4 is 12.0 Å². The molecule has 3 nitrogen and oxygen atoms in total. The minimum atomic E-state index is 0.228. The fourth-order valence-electron chi connectivity index (χ4n) is 2.86. The van der Waals surface area contributed by atoms with Gasteiger partial charge in [-0.25, -0.2) is 0 Å². The number of nitrogens with two attached hydrogens (primary N) is 1. The first-order chi connectivity index (χ1) is 11.1. The molecule has 1 aliphatic carbocycles. The summed E-state index contributed by atoms with van der Waals surface area (Å²) in [5, 5.41) is 7.23. The van der Waals surface area contributed by atoms with E-state index in [1.54, 1.807) is 0 Å². The largest absolute Gasteiger partial charge is 0.400 e. The van der Waals surface area contributed by atoms with Crippen molar-refractivity contribution in [3.05, 3.63) is 35.4 Å². The maximum Gasteiger partial charge on any atom is 0.0557 e. The molecule has 0 aliphatic heterocycles. The van der Waals surface area contributed by atoms with Crippen LogP contribution in [0.1, 0.15) is 62.3 Å². The van der Waals surface area contributed by atoms with Crippen molar-refractivity contribution in [2.45, 2.75) is 58.1 Å². The van der Waals surface area contributed by atoms with Crippen molar-refractivity contribution in [2.75, 3.05) is 13.7 Å². The van der Waals surface area contributed by atoms with Crippen LogP contribution in [0.2, 0.25) is 0 Å². The molecule has 0 saturated heterocycles. The van der Waals surface area contributed by atoms with E-state index in [9.17, 15) is 0 Å². The van der Waals surface area contributed by atoms with Gasteiger partial charge in [-0.15, -0.1) is 0 Å². The second-order valence-electron chi connectivity index (χ2n) is 6.22. The first-order valence-electron chi connectivity index (χ1n) is 8.62. The summed E-state index contributed by atoms with van der Waals surface area (Å²) < 4.78 is 9.02. The van der Waals surface area contributed by atoms with Crippen LogP contribution in [-0.2, 0) is 0 Å². The van der Waals surface area contributed by atoms with Gasteiger partial charge in [-0.1, -0.05) is 51.0 Å². The molecule has 4 heteroatoms. The minimum Gasteiger partial charge on any atom is -0.400 e. The van der Waals surface area contributed by atoms with E-state index in [0.717, 1.165) is 44.0 Å². The summed E-state index contributed by atoms with van der Waals surface area (Å²) in [6, 6.07) is 8.19. The molecule has 23 heavy (non-hydrogen) atoms. The standard InChI is InChI=1S/C10H14OS.C8H17N.CH4O/c1-3-10(12-11)9-7-5-4-6-8(9)2;1-7-2-4-8(6-9)5-3-7;1-2/h4-7,10-11H,3H2,1-2H3;7-8H,2-6,9H2,1H3;2H,1H3. The average molecular weight is 342 g/mol. The van der Waals surface area contributed by atoms with Gasteiger partial charge in [0, 0.05) is 7.11 Å². The summed E-state index contributed by atoms with van der Waals surface area (Å²) in [7, 11) is 1.00. The van der Waals surface area contributed by atoms with Crippen molar-refractivity contribution < 1.29 is 9.66 Å². The van der Waals surface area contributed by atoms with E-state index >= 15 is 0 Å². The van der Waals surface area contributed by atoms with Crippen LogP contribution in [-0.4, -0.2) is 23.3 Å². The Morgan fingerprint density at radius 2 is 1.74 bits per heavy atom. The van der Waals surface area contributed by atoms with Gasteiger partial charge in [0.25, 0.3) is 0 Å². The molecule has 0 radical (unpaired) electrons. The fraction of sp³-hybridized carbons (Fsp3) is 0.684. The van der Waals surface area contributed by atoms with E-state index in [2.05, 4.69) is 32.9 Å². The second-order valence-corrected chi connectivity index (χ2v) is 7.00. The van der Waals surface area contributed by atoms with Crippen molar-refractivity contribution in [1.29, 1.82) is 0 Å². The third kappa shape index (κ3) is 8.75. The molecule has 1 saturated carbocycles. The number of benzene rings is 1. The lowest BCUT2D eigenvalue weighted by Crippen LogP contribution is -2.20. The highest BCUT2D eigenvalue weighted by molar-refractivity contribution is 7.94. The number of rotatable bonds is 4. The topological polar surface area (TPSA) is 66.5 Å². The van der Waals surface area contributed by atoms with Gasteiger partial charge < -0.3 is 15.4 Å². The third-order valence-corrected chi connectivity index (χ3v) is 5.34. The van der Waals surface area contributed by atoms with Crippen LogP contribution in [0.25, 0.3) is 0 Å². The van der Waals surface area contributed by atoms with Crippen molar-refractivity contribution in [2.24, 2.45) is 17.6 Å². The van der Waals surface area contributed by atoms with Crippen molar-refractivity contribution in [3.8, 4) is 0 Å². The van der Waals surface area contributed by atoms with Crippen molar-refractivity contribution in [3.63, 3.8) is 0 Å². The molecule has 1 unspecified atom stereocenters. The smallest absolute Gasteiger partial charge is 0.0557 e. The Morgan fingerprint density at radius 3 is 2.17 bits per heavy atom. The van der Waals surface area contributed by atoms with E-state index in [1.807, 2.05) is 12.1 Å². The zero-order chi connectivity index (χ0) is 17.7. The van der Waals surface area contributed by atoms with E-state index < -0.39 is 0 Å². The highest BCUT2D eigenvalue weighted by Crippen LogP contribution is 2.31. The lowest BCUT2D eigenvalue weighted by molar-refractivity contribution is 0.296. The van der Waals surface area contributed by atoms with Gasteiger partial charge >= 0.3 is 0 Å². The zero-order valence-electron chi connectivity index (χ0n) is 15.2. The van der Waals surface area contributed by atoms with Crippen LogP contribution in [0.4, 0.5) is 0 Å². The molecule has 0 amide bonds. The number of hydrogen-bond acceptors (Lipinski definition) is 4. The van der Waals surface area contributed by atoms with Gasteiger partial charge in [0.2, 0.25) is 0 Å². The molecule has 0 bridgehead atoms. The van der Waals surface area contributed by atoms with Crippen LogP contribution >= 0.6 is 12.0 Å². The normalized spacial score (nSPS) is 21.3. The first kappa shape index (κ1) is 22.4. The van der Waals surface area contributed by atoms with Gasteiger partial charge in [0.1, 0.15) is 0 Å². The Bertz CT molecular complexity index is 389. The molecule has 1 aromatic carbocycles. The molecule has 134 valence electrons. The molecular weight excluding hydrogens is 306 g/mol. The Morgan fingerprint density at radius 1 is 1.17 bits per heavy atom. The predicted molar refractivity (Wildman–Crippen MR) is 103 cm³/mol. The highest BCUT2D eigenvalue weighted by atomic mass is 32.2. The summed E-state index contributed by atoms with van der Waals surface area (Å²) in [6.45, 7) is 7.41. The Balaban J connectivity index is 0.000000392. The maximum atomic E-state index is 9.02. The van der Waals surface area contributed by atoms with E-state index in [0.29, 0.717) is 0 Å². The summed E-state index contributed by atoms with van der Waals surface area (Å²) >= 11 is 0.937. The first-order valence-corrected chi connectivity index (χ1v) is 9.46. The Hall–Kier alpha value is -0.550. The summed E-state index contributed by atoms with van der Waals surface area (Å²) in [5.41, 5.74) is 8.05. The monoisotopic (exact) mass is 341 g/mol. The number of aryl methyl sites for hydroxylation is 1. The lowest BCUT2D eigenvalue weighted by Gasteiger charge is -2.24. The molecule has 0 heterocycles. The number of aliphatic hydroxyl groups excluding tert-OH is 1. The van der Waals surface area contributed by atoms with E-state index in [4.69, 9.17) is 15.4 Å². The molecule has 1 fully saturated rings. The van der Waals surface area contributed by atoms with Crippen molar-refractivity contribution in [1.82, 2.24) is 0 Å². The quantitative estimate of drug-likeness (QED) is 0.672. The maximum absolute atomic E-state index is 9.02. The van der Waals surface area contributed by atoms with E-state index in [1.165, 1.54) is 36.8 Å². The lowest BCUT2D eigenvalue weighted by atomic mass is 9.83. The minimum absolute atomic E-state index is 0.228. The van der Waals surface area contributed by atoms with Gasteiger partial charge in [0.05, 0.1) is 5.25 Å². The van der Waals surface area contributed by atoms with Crippen LogP contribution in [0.5, 0.6) is 0 Å². The summed E-state index contributed by atoms with van der Waals surface area (Å²) in [4.78, 5) is 0. The molecule has 1 aromatic rings. The van der Waals surface area contributed by atoms with Crippen LogP contribution in [0.3, 0.4) is 0 Å². The average Bonchev–Trinajstić information content (AvgIpc) is 2.61. The molecule has 0 spiro atoms. The Kier molecular flexibility index (Phi) is 13.5.